The average Bonchev–Trinajstić information content (AvgIpc) is 3.43. The zero-order chi connectivity index (χ0) is 21.3. The number of ether oxygens (including phenoxy) is 1. The van der Waals surface area contributed by atoms with Gasteiger partial charge in [0.25, 0.3) is 5.91 Å². The molecule has 2 heterocycles. The number of amides is 1. The van der Waals surface area contributed by atoms with E-state index in [1.54, 1.807) is 6.07 Å². The standard InChI is InChI=1S/C23H27N5O2/c1-23(14-24)11-5-8-21(26-23)28-19(15-6-3-4-7-15)13-18(27-28)16-9-10-17(22(25)29)20(12-16)30-2/h5,8-12,15,19,26H,3-4,6-7,13H2,1-2H3,(H2,25,29)/t19-,23?/m1/s1. The summed E-state index contributed by atoms with van der Waals surface area (Å²) in [6.07, 6.45) is 11.4. The van der Waals surface area contributed by atoms with E-state index >= 15 is 0 Å². The second-order valence-electron chi connectivity index (χ2n) is 8.34. The summed E-state index contributed by atoms with van der Waals surface area (Å²) in [5.74, 6) is 1.33. The second-order valence-corrected chi connectivity index (χ2v) is 8.34. The number of carbonyl (C=O) groups is 1. The fourth-order valence-electron chi connectivity index (χ4n) is 4.60. The van der Waals surface area contributed by atoms with Crippen molar-refractivity contribution in [2.75, 3.05) is 7.11 Å². The minimum absolute atomic E-state index is 0.234. The van der Waals surface area contributed by atoms with Crippen molar-refractivity contribution in [2.24, 2.45) is 16.8 Å². The van der Waals surface area contributed by atoms with Gasteiger partial charge in [0.15, 0.2) is 0 Å². The minimum atomic E-state index is -0.755. The molecule has 3 N–H and O–H groups in total. The molecule has 0 aromatic heterocycles. The van der Waals surface area contributed by atoms with Crippen LogP contribution in [0.5, 0.6) is 5.75 Å². The van der Waals surface area contributed by atoms with E-state index in [4.69, 9.17) is 15.6 Å². The molecular weight excluding hydrogens is 378 g/mol. The number of dihydropyridines is 1. The molecule has 1 aromatic carbocycles. The molecular formula is C23H27N5O2. The summed E-state index contributed by atoms with van der Waals surface area (Å²) >= 11 is 0. The quantitative estimate of drug-likeness (QED) is 0.784. The molecule has 2 atom stereocenters. The van der Waals surface area contributed by atoms with Crippen LogP contribution >= 0.6 is 0 Å². The Labute approximate surface area is 176 Å². The molecule has 0 spiro atoms. The zero-order valence-electron chi connectivity index (χ0n) is 17.4. The smallest absolute Gasteiger partial charge is 0.252 e. The highest BCUT2D eigenvalue weighted by atomic mass is 16.5. The first-order valence-electron chi connectivity index (χ1n) is 10.4. The molecule has 1 aliphatic carbocycles. The molecule has 30 heavy (non-hydrogen) atoms. The summed E-state index contributed by atoms with van der Waals surface area (Å²) in [5.41, 5.74) is 6.91. The SMILES string of the molecule is COc1cc(C2=NN(C3=CC=CC(C)(C#N)N3)[C@@H](C3CCCC3)C2)ccc1C(N)=O. The minimum Gasteiger partial charge on any atom is -0.496 e. The van der Waals surface area contributed by atoms with Crippen LogP contribution in [0.1, 0.15) is 54.9 Å². The third-order valence-corrected chi connectivity index (χ3v) is 6.24. The average molecular weight is 406 g/mol. The molecule has 1 saturated carbocycles. The number of primary amides is 1. The van der Waals surface area contributed by atoms with Gasteiger partial charge in [0.1, 0.15) is 17.1 Å². The first-order chi connectivity index (χ1) is 14.4. The fraction of sp³-hybridized carbons (Fsp3) is 0.435. The largest absolute Gasteiger partial charge is 0.496 e. The summed E-state index contributed by atoms with van der Waals surface area (Å²) in [7, 11) is 1.53. The third-order valence-electron chi connectivity index (χ3n) is 6.24. The van der Waals surface area contributed by atoms with Crippen molar-refractivity contribution >= 4 is 11.6 Å². The van der Waals surface area contributed by atoms with Crippen molar-refractivity contribution in [3.63, 3.8) is 0 Å². The van der Waals surface area contributed by atoms with Gasteiger partial charge in [0.2, 0.25) is 0 Å². The topological polar surface area (TPSA) is 104 Å². The van der Waals surface area contributed by atoms with E-state index in [2.05, 4.69) is 16.4 Å². The lowest BCUT2D eigenvalue weighted by Crippen LogP contribution is -2.46. The maximum absolute atomic E-state index is 11.6. The number of rotatable bonds is 5. The fourth-order valence-corrected chi connectivity index (χ4v) is 4.60. The zero-order valence-corrected chi connectivity index (χ0v) is 17.4. The molecule has 7 heteroatoms. The molecule has 4 rings (SSSR count). The van der Waals surface area contributed by atoms with Gasteiger partial charge in [-0.3, -0.25) is 4.79 Å². The van der Waals surface area contributed by atoms with Crippen LogP contribution in [0, 0.1) is 17.2 Å². The van der Waals surface area contributed by atoms with Crippen molar-refractivity contribution in [1.29, 1.82) is 5.26 Å². The predicted molar refractivity (Wildman–Crippen MR) is 115 cm³/mol. The van der Waals surface area contributed by atoms with Gasteiger partial charge >= 0.3 is 0 Å². The molecule has 7 nitrogen and oxygen atoms in total. The highest BCUT2D eigenvalue weighted by Gasteiger charge is 2.39. The van der Waals surface area contributed by atoms with Crippen LogP contribution in [-0.2, 0) is 0 Å². The number of nitrogens with one attached hydrogen (secondary N) is 1. The van der Waals surface area contributed by atoms with Crippen LogP contribution in [0.3, 0.4) is 0 Å². The van der Waals surface area contributed by atoms with Crippen LogP contribution < -0.4 is 15.8 Å². The summed E-state index contributed by atoms with van der Waals surface area (Å²) in [5, 5.41) is 19.9. The Morgan fingerprint density at radius 2 is 2.17 bits per heavy atom. The van der Waals surface area contributed by atoms with Crippen LogP contribution in [-0.4, -0.2) is 35.3 Å². The Hall–Kier alpha value is -3.27. The van der Waals surface area contributed by atoms with Crippen molar-refractivity contribution in [3.8, 4) is 11.8 Å². The first kappa shape index (κ1) is 20.0. The Morgan fingerprint density at radius 3 is 2.83 bits per heavy atom. The number of methoxy groups -OCH3 is 1. The number of hydrazone groups is 1. The van der Waals surface area contributed by atoms with Crippen molar-refractivity contribution in [3.05, 3.63) is 53.4 Å². The summed E-state index contributed by atoms with van der Waals surface area (Å²) < 4.78 is 5.38. The number of nitriles is 1. The van der Waals surface area contributed by atoms with Crippen molar-refractivity contribution < 1.29 is 9.53 Å². The third kappa shape index (κ3) is 3.65. The Kier molecular flexibility index (Phi) is 5.25. The Balaban J connectivity index is 1.69. The normalized spacial score (nSPS) is 26.0. The summed E-state index contributed by atoms with van der Waals surface area (Å²) in [4.78, 5) is 11.6. The molecule has 1 aromatic rings. The van der Waals surface area contributed by atoms with E-state index < -0.39 is 11.4 Å². The van der Waals surface area contributed by atoms with Gasteiger partial charge in [0.05, 0.1) is 30.5 Å². The van der Waals surface area contributed by atoms with Gasteiger partial charge in [-0.25, -0.2) is 5.01 Å². The number of carbonyl (C=O) groups excluding carboxylic acids is 1. The van der Waals surface area contributed by atoms with Crippen molar-refractivity contribution in [2.45, 2.75) is 50.6 Å². The number of hydrogen-bond acceptors (Lipinski definition) is 6. The van der Waals surface area contributed by atoms with Gasteiger partial charge in [0, 0.05) is 12.0 Å². The van der Waals surface area contributed by atoms with E-state index in [0.717, 1.165) is 23.5 Å². The highest BCUT2D eigenvalue weighted by Crippen LogP contribution is 2.38. The molecule has 156 valence electrons. The number of allylic oxidation sites excluding steroid dienone is 2. The molecule has 0 bridgehead atoms. The number of nitrogens with zero attached hydrogens (tertiary/aromatic N) is 3. The van der Waals surface area contributed by atoms with E-state index in [1.165, 1.54) is 32.8 Å². The van der Waals surface area contributed by atoms with Gasteiger partial charge in [-0.05, 0) is 50.0 Å². The first-order valence-corrected chi connectivity index (χ1v) is 10.4. The Bertz CT molecular complexity index is 984. The van der Waals surface area contributed by atoms with Crippen LogP contribution in [0.15, 0.2) is 47.3 Å². The van der Waals surface area contributed by atoms with E-state index in [1.807, 2.05) is 37.3 Å². The second kappa shape index (κ2) is 7.86. The van der Waals surface area contributed by atoms with E-state index in [-0.39, 0.29) is 6.04 Å². The Morgan fingerprint density at radius 1 is 1.40 bits per heavy atom. The lowest BCUT2D eigenvalue weighted by molar-refractivity contribution is 0.0997. The maximum Gasteiger partial charge on any atom is 0.252 e. The molecule has 1 amide bonds. The van der Waals surface area contributed by atoms with Crippen LogP contribution in [0.2, 0.25) is 0 Å². The van der Waals surface area contributed by atoms with Gasteiger partial charge in [-0.1, -0.05) is 25.0 Å². The molecule has 1 unspecified atom stereocenters. The predicted octanol–water partition coefficient (Wildman–Crippen LogP) is 3.05. The van der Waals surface area contributed by atoms with E-state index in [9.17, 15) is 10.1 Å². The van der Waals surface area contributed by atoms with Crippen LogP contribution in [0.25, 0.3) is 0 Å². The van der Waals surface area contributed by atoms with E-state index in [0.29, 0.717) is 17.2 Å². The number of hydrogen-bond donors (Lipinski definition) is 2. The molecule has 2 aliphatic heterocycles. The monoisotopic (exact) mass is 405 g/mol. The summed E-state index contributed by atoms with van der Waals surface area (Å²) in [6.45, 7) is 1.86. The van der Waals surface area contributed by atoms with Crippen LogP contribution in [0.4, 0.5) is 0 Å². The highest BCUT2D eigenvalue weighted by molar-refractivity contribution is 6.04. The number of nitrogens with two attached hydrogens (primary N) is 1. The molecule has 0 saturated heterocycles. The number of benzene rings is 1. The molecule has 1 fully saturated rings. The molecule has 3 aliphatic rings. The van der Waals surface area contributed by atoms with Gasteiger partial charge < -0.3 is 15.8 Å². The van der Waals surface area contributed by atoms with Crippen molar-refractivity contribution in [1.82, 2.24) is 10.3 Å². The maximum atomic E-state index is 11.6. The molecule has 0 radical (unpaired) electrons. The van der Waals surface area contributed by atoms with Gasteiger partial charge in [-0.2, -0.15) is 10.4 Å². The lowest BCUT2D eigenvalue weighted by atomic mass is 9.91. The lowest BCUT2D eigenvalue weighted by Gasteiger charge is -2.35. The van der Waals surface area contributed by atoms with Gasteiger partial charge in [-0.15, -0.1) is 0 Å². The summed E-state index contributed by atoms with van der Waals surface area (Å²) in [6, 6.07) is 7.95.